The van der Waals surface area contributed by atoms with Crippen LogP contribution in [0.3, 0.4) is 0 Å². The monoisotopic (exact) mass is 332 g/mol. The lowest BCUT2D eigenvalue weighted by atomic mass is 10.1. The van der Waals surface area contributed by atoms with Gasteiger partial charge in [-0.05, 0) is 24.3 Å². The Morgan fingerprint density at radius 2 is 1.87 bits per heavy atom. The summed E-state index contributed by atoms with van der Waals surface area (Å²) in [5, 5.41) is 0.0112. The van der Waals surface area contributed by atoms with Gasteiger partial charge in [-0.2, -0.15) is 0 Å². The molecule has 2 heterocycles. The van der Waals surface area contributed by atoms with E-state index in [1.807, 2.05) is 30.3 Å². The number of carbonyl (C=O) groups excluding carboxylic acids is 1. The van der Waals surface area contributed by atoms with Gasteiger partial charge in [0.1, 0.15) is 22.4 Å². The fraction of sp³-hybridized carbons (Fsp3) is 0.353. The van der Waals surface area contributed by atoms with Gasteiger partial charge < -0.3 is 18.9 Å². The smallest absolute Gasteiger partial charge is 0.262 e. The first-order chi connectivity index (χ1) is 11.2. The molecule has 1 aliphatic rings. The highest BCUT2D eigenvalue weighted by molar-refractivity contribution is 7.99. The molecule has 0 saturated carbocycles. The minimum absolute atomic E-state index is 0.0112. The van der Waals surface area contributed by atoms with Gasteiger partial charge in [-0.25, -0.2) is 0 Å². The van der Waals surface area contributed by atoms with Crippen molar-refractivity contribution in [1.82, 2.24) is 9.47 Å². The topological polar surface area (TPSA) is 43.7 Å². The van der Waals surface area contributed by atoms with Crippen LogP contribution in [0, 0.1) is 0 Å². The number of nitrogens with zero attached hydrogens (tertiary/aromatic N) is 2. The predicted molar refractivity (Wildman–Crippen MR) is 91.2 cm³/mol. The van der Waals surface area contributed by atoms with Gasteiger partial charge in [-0.1, -0.05) is 6.07 Å². The van der Waals surface area contributed by atoms with Gasteiger partial charge in [-0.15, -0.1) is 11.8 Å². The summed E-state index contributed by atoms with van der Waals surface area (Å²) < 4.78 is 12.8. The molecule has 0 bridgehead atoms. The molecule has 1 aromatic heterocycles. The summed E-state index contributed by atoms with van der Waals surface area (Å²) in [6.07, 6.45) is 2.00. The van der Waals surface area contributed by atoms with E-state index in [9.17, 15) is 4.79 Å². The Bertz CT molecular complexity index is 691. The minimum Gasteiger partial charge on any atom is -0.496 e. The fourth-order valence-corrected chi connectivity index (χ4v) is 4.18. The molecule has 0 aliphatic carbocycles. The van der Waals surface area contributed by atoms with Gasteiger partial charge in [0, 0.05) is 25.5 Å². The molecule has 1 saturated heterocycles. The van der Waals surface area contributed by atoms with Crippen LogP contribution in [0.2, 0.25) is 0 Å². The molecule has 122 valence electrons. The van der Waals surface area contributed by atoms with E-state index in [1.165, 1.54) is 0 Å². The van der Waals surface area contributed by atoms with Crippen LogP contribution in [0.4, 0.5) is 0 Å². The number of aromatic nitrogens is 1. The molecule has 23 heavy (non-hydrogen) atoms. The molecule has 0 radical (unpaired) electrons. The standard InChI is InChI=1S/C17H20N2O3S/c1-18-9-5-6-12(18)17-19(10-11-23-17)16(20)15-13(21-2)7-4-8-14(15)22-3/h4-9,17H,10-11H2,1-3H3. The molecule has 1 aromatic carbocycles. The zero-order valence-electron chi connectivity index (χ0n) is 13.5. The number of ether oxygens (including phenoxy) is 2. The van der Waals surface area contributed by atoms with Gasteiger partial charge in [-0.3, -0.25) is 4.79 Å². The van der Waals surface area contributed by atoms with Crippen LogP contribution in [-0.4, -0.2) is 41.9 Å². The predicted octanol–water partition coefficient (Wildman–Crippen LogP) is 2.93. The quantitative estimate of drug-likeness (QED) is 0.863. The Kier molecular flexibility index (Phi) is 4.52. The van der Waals surface area contributed by atoms with E-state index in [4.69, 9.17) is 9.47 Å². The first kappa shape index (κ1) is 15.8. The number of methoxy groups -OCH3 is 2. The highest BCUT2D eigenvalue weighted by Gasteiger charge is 2.35. The molecule has 2 aromatic rings. The molecule has 1 fully saturated rings. The second-order valence-electron chi connectivity index (χ2n) is 5.30. The number of aryl methyl sites for hydroxylation is 1. The van der Waals surface area contributed by atoms with E-state index >= 15 is 0 Å². The molecular weight excluding hydrogens is 312 g/mol. The number of hydrogen-bond donors (Lipinski definition) is 0. The van der Waals surface area contributed by atoms with Crippen molar-refractivity contribution in [3.63, 3.8) is 0 Å². The molecule has 6 heteroatoms. The van der Waals surface area contributed by atoms with E-state index < -0.39 is 0 Å². The Morgan fingerprint density at radius 1 is 1.17 bits per heavy atom. The van der Waals surface area contributed by atoms with Crippen LogP contribution in [0.25, 0.3) is 0 Å². The number of amides is 1. The molecule has 1 atom stereocenters. The van der Waals surface area contributed by atoms with E-state index in [0.29, 0.717) is 23.6 Å². The highest BCUT2D eigenvalue weighted by Crippen LogP contribution is 2.41. The number of rotatable bonds is 4. The van der Waals surface area contributed by atoms with Gasteiger partial charge in [0.25, 0.3) is 5.91 Å². The summed E-state index contributed by atoms with van der Waals surface area (Å²) in [5.74, 6) is 1.93. The van der Waals surface area contributed by atoms with Crippen LogP contribution in [-0.2, 0) is 7.05 Å². The molecule has 0 spiro atoms. The maximum atomic E-state index is 13.2. The van der Waals surface area contributed by atoms with E-state index in [2.05, 4.69) is 10.6 Å². The third kappa shape index (κ3) is 2.79. The minimum atomic E-state index is -0.0597. The molecule has 1 aliphatic heterocycles. The van der Waals surface area contributed by atoms with Crippen molar-refractivity contribution in [3.8, 4) is 11.5 Å². The fourth-order valence-electron chi connectivity index (χ4n) is 2.86. The molecule has 1 unspecified atom stereocenters. The summed E-state index contributed by atoms with van der Waals surface area (Å²) in [7, 11) is 5.14. The maximum absolute atomic E-state index is 13.2. The van der Waals surface area contributed by atoms with Crippen molar-refractivity contribution in [2.75, 3.05) is 26.5 Å². The first-order valence-corrected chi connectivity index (χ1v) is 8.47. The number of carbonyl (C=O) groups is 1. The average Bonchev–Trinajstić information content (AvgIpc) is 3.21. The SMILES string of the molecule is COc1cccc(OC)c1C(=O)N1CCSC1c1cccn1C. The van der Waals surface area contributed by atoms with Crippen LogP contribution in [0.1, 0.15) is 21.4 Å². The summed E-state index contributed by atoms with van der Waals surface area (Å²) in [6, 6.07) is 9.46. The third-order valence-electron chi connectivity index (χ3n) is 4.03. The van der Waals surface area contributed by atoms with Crippen molar-refractivity contribution in [1.29, 1.82) is 0 Å². The van der Waals surface area contributed by atoms with Gasteiger partial charge in [0.2, 0.25) is 0 Å². The van der Waals surface area contributed by atoms with Crippen molar-refractivity contribution in [3.05, 3.63) is 47.8 Å². The van der Waals surface area contributed by atoms with Crippen molar-refractivity contribution < 1.29 is 14.3 Å². The van der Waals surface area contributed by atoms with Crippen molar-refractivity contribution >= 4 is 17.7 Å². The molecule has 0 N–H and O–H groups in total. The summed E-state index contributed by atoms with van der Waals surface area (Å²) >= 11 is 1.77. The Morgan fingerprint density at radius 3 is 2.43 bits per heavy atom. The van der Waals surface area contributed by atoms with Crippen LogP contribution < -0.4 is 9.47 Å². The van der Waals surface area contributed by atoms with Gasteiger partial charge in [0.05, 0.1) is 19.9 Å². The number of thioether (sulfide) groups is 1. The lowest BCUT2D eigenvalue weighted by Crippen LogP contribution is -2.31. The van der Waals surface area contributed by atoms with Crippen LogP contribution >= 0.6 is 11.8 Å². The normalized spacial score (nSPS) is 17.3. The molecule has 1 amide bonds. The Hall–Kier alpha value is -2.08. The second-order valence-corrected chi connectivity index (χ2v) is 6.49. The summed E-state index contributed by atoms with van der Waals surface area (Å²) in [4.78, 5) is 15.1. The Balaban J connectivity index is 1.98. The number of hydrogen-bond acceptors (Lipinski definition) is 4. The Labute approximate surface area is 140 Å². The third-order valence-corrected chi connectivity index (χ3v) is 5.26. The largest absolute Gasteiger partial charge is 0.496 e. The summed E-state index contributed by atoms with van der Waals surface area (Å²) in [5.41, 5.74) is 1.61. The summed E-state index contributed by atoms with van der Waals surface area (Å²) in [6.45, 7) is 0.709. The number of benzene rings is 1. The zero-order chi connectivity index (χ0) is 16.4. The average molecular weight is 332 g/mol. The molecular formula is C17H20N2O3S. The lowest BCUT2D eigenvalue weighted by Gasteiger charge is -2.26. The van der Waals surface area contributed by atoms with Crippen LogP contribution in [0.15, 0.2) is 36.5 Å². The van der Waals surface area contributed by atoms with Crippen LogP contribution in [0.5, 0.6) is 11.5 Å². The van der Waals surface area contributed by atoms with Gasteiger partial charge >= 0.3 is 0 Å². The van der Waals surface area contributed by atoms with Crippen molar-refractivity contribution in [2.24, 2.45) is 7.05 Å². The molecule has 5 nitrogen and oxygen atoms in total. The van der Waals surface area contributed by atoms with E-state index in [-0.39, 0.29) is 11.3 Å². The zero-order valence-corrected chi connectivity index (χ0v) is 14.3. The highest BCUT2D eigenvalue weighted by atomic mass is 32.2. The van der Waals surface area contributed by atoms with Crippen molar-refractivity contribution in [2.45, 2.75) is 5.37 Å². The maximum Gasteiger partial charge on any atom is 0.262 e. The lowest BCUT2D eigenvalue weighted by molar-refractivity contribution is 0.0750. The van der Waals surface area contributed by atoms with E-state index in [1.54, 1.807) is 38.1 Å². The first-order valence-electron chi connectivity index (χ1n) is 7.42. The second kappa shape index (κ2) is 6.58. The van der Waals surface area contributed by atoms with E-state index in [0.717, 1.165) is 11.4 Å². The molecule has 3 rings (SSSR count). The van der Waals surface area contributed by atoms with Gasteiger partial charge in [0.15, 0.2) is 0 Å².